The Bertz CT molecular complexity index is 768. The van der Waals surface area contributed by atoms with E-state index in [9.17, 15) is 22.4 Å². The van der Waals surface area contributed by atoms with E-state index in [-0.39, 0.29) is 12.3 Å². The molecule has 26 heavy (non-hydrogen) atoms. The van der Waals surface area contributed by atoms with E-state index < -0.39 is 38.7 Å². The lowest BCUT2D eigenvalue weighted by Gasteiger charge is -2.34. The zero-order chi connectivity index (χ0) is 19.3. The molecule has 144 valence electrons. The third kappa shape index (κ3) is 5.25. The van der Waals surface area contributed by atoms with Crippen LogP contribution in [-0.4, -0.2) is 49.4 Å². The number of piperidine rings is 1. The van der Waals surface area contributed by atoms with Crippen LogP contribution in [0.15, 0.2) is 29.2 Å². The molecule has 0 radical (unpaired) electrons. The van der Waals surface area contributed by atoms with Crippen LogP contribution in [0.3, 0.4) is 0 Å². The van der Waals surface area contributed by atoms with Crippen LogP contribution in [0.25, 0.3) is 0 Å². The van der Waals surface area contributed by atoms with Crippen LogP contribution in [0.5, 0.6) is 0 Å². The molecule has 2 N–H and O–H groups in total. The number of benzene rings is 1. The zero-order valence-corrected chi connectivity index (χ0v) is 15.3. The maximum absolute atomic E-state index is 13.7. The van der Waals surface area contributed by atoms with E-state index in [1.54, 1.807) is 4.90 Å². The van der Waals surface area contributed by atoms with E-state index in [1.807, 2.05) is 0 Å². The average molecular weight is 386 g/mol. The second-order valence-corrected chi connectivity index (χ2v) is 8.18. The third-order valence-electron chi connectivity index (χ3n) is 4.43. The highest BCUT2D eigenvalue weighted by atomic mass is 32.2. The molecule has 2 unspecified atom stereocenters. The summed E-state index contributed by atoms with van der Waals surface area (Å²) in [5, 5.41) is 8.78. The van der Waals surface area contributed by atoms with Gasteiger partial charge < -0.3 is 10.0 Å². The average Bonchev–Trinajstić information content (AvgIpc) is 2.59. The molecule has 0 aromatic heterocycles. The Labute approximate surface area is 152 Å². The predicted octanol–water partition coefficient (Wildman–Crippen LogP) is 1.60. The Kier molecular flexibility index (Phi) is 6.71. The number of carboxylic acid groups (broad SMARTS) is 1. The Morgan fingerprint density at radius 2 is 2.08 bits per heavy atom. The van der Waals surface area contributed by atoms with Crippen molar-refractivity contribution in [2.45, 2.75) is 43.5 Å². The fourth-order valence-electron chi connectivity index (χ4n) is 3.11. The smallest absolute Gasteiger partial charge is 0.303 e. The number of halogens is 1. The van der Waals surface area contributed by atoms with Crippen molar-refractivity contribution >= 4 is 21.9 Å². The second kappa shape index (κ2) is 8.59. The number of nitrogens with one attached hydrogen (secondary N) is 1. The number of rotatable bonds is 7. The van der Waals surface area contributed by atoms with Gasteiger partial charge in [-0.05, 0) is 44.2 Å². The number of carbonyl (C=O) groups excluding carboxylic acids is 1. The molecule has 2 rings (SSSR count). The summed E-state index contributed by atoms with van der Waals surface area (Å²) in [4.78, 5) is 24.3. The van der Waals surface area contributed by atoms with Crippen LogP contribution in [0.1, 0.15) is 32.6 Å². The summed E-state index contributed by atoms with van der Waals surface area (Å²) in [6, 6.07) is 3.92. The van der Waals surface area contributed by atoms with Crippen molar-refractivity contribution in [3.63, 3.8) is 0 Å². The second-order valence-electron chi connectivity index (χ2n) is 6.50. The minimum Gasteiger partial charge on any atom is -0.481 e. The maximum Gasteiger partial charge on any atom is 0.303 e. The molecule has 1 aliphatic rings. The lowest BCUT2D eigenvalue weighted by Crippen LogP contribution is -2.50. The largest absolute Gasteiger partial charge is 0.481 e. The number of amides is 1. The molecular weight excluding hydrogens is 363 g/mol. The van der Waals surface area contributed by atoms with Gasteiger partial charge in [-0.15, -0.1) is 0 Å². The molecule has 1 heterocycles. The van der Waals surface area contributed by atoms with Crippen molar-refractivity contribution in [1.82, 2.24) is 9.62 Å². The molecule has 2 atom stereocenters. The van der Waals surface area contributed by atoms with Gasteiger partial charge in [-0.25, -0.2) is 12.8 Å². The highest BCUT2D eigenvalue weighted by Gasteiger charge is 2.30. The van der Waals surface area contributed by atoms with Gasteiger partial charge in [0.2, 0.25) is 15.9 Å². The summed E-state index contributed by atoms with van der Waals surface area (Å²) in [7, 11) is -4.16. The van der Waals surface area contributed by atoms with Crippen LogP contribution in [0, 0.1) is 11.7 Å². The minimum absolute atomic E-state index is 0.0438. The highest BCUT2D eigenvalue weighted by molar-refractivity contribution is 7.89. The van der Waals surface area contributed by atoms with Gasteiger partial charge in [0.05, 0.1) is 6.04 Å². The maximum atomic E-state index is 13.7. The summed E-state index contributed by atoms with van der Waals surface area (Å²) < 4.78 is 40.6. The van der Waals surface area contributed by atoms with Crippen molar-refractivity contribution in [1.29, 1.82) is 0 Å². The number of aliphatic carboxylic acids is 1. The molecule has 1 fully saturated rings. The first-order chi connectivity index (χ1) is 12.2. The number of carbonyl (C=O) groups is 2. The normalized spacial score (nSPS) is 19.2. The van der Waals surface area contributed by atoms with E-state index in [4.69, 9.17) is 5.11 Å². The topological polar surface area (TPSA) is 104 Å². The van der Waals surface area contributed by atoms with Crippen LogP contribution in [0.2, 0.25) is 0 Å². The van der Waals surface area contributed by atoms with Gasteiger partial charge in [-0.2, -0.15) is 4.72 Å². The van der Waals surface area contributed by atoms with Crippen molar-refractivity contribution in [2.75, 3.05) is 13.1 Å². The molecule has 1 aromatic carbocycles. The quantitative estimate of drug-likeness (QED) is 0.741. The van der Waals surface area contributed by atoms with E-state index in [0.717, 1.165) is 25.0 Å². The lowest BCUT2D eigenvalue weighted by atomic mass is 9.93. The molecule has 0 saturated carbocycles. The van der Waals surface area contributed by atoms with E-state index in [0.29, 0.717) is 19.5 Å². The highest BCUT2D eigenvalue weighted by Crippen LogP contribution is 2.22. The molecule has 1 amide bonds. The van der Waals surface area contributed by atoms with Crippen LogP contribution < -0.4 is 4.72 Å². The van der Waals surface area contributed by atoms with Gasteiger partial charge in [0.15, 0.2) is 0 Å². The van der Waals surface area contributed by atoms with Crippen molar-refractivity contribution < 1.29 is 27.5 Å². The summed E-state index contributed by atoms with van der Waals surface area (Å²) in [6.07, 6.45) is 2.10. The Balaban J connectivity index is 2.00. The van der Waals surface area contributed by atoms with E-state index in [1.165, 1.54) is 19.1 Å². The number of nitrogens with zero attached hydrogens (tertiary/aromatic N) is 1. The summed E-state index contributed by atoms with van der Waals surface area (Å²) in [5.41, 5.74) is 0. The third-order valence-corrected chi connectivity index (χ3v) is 6.00. The first-order valence-corrected chi connectivity index (χ1v) is 9.96. The molecule has 1 saturated heterocycles. The number of hydrogen-bond acceptors (Lipinski definition) is 4. The molecule has 1 aliphatic heterocycles. The molecular formula is C17H23FN2O5S. The fourth-order valence-corrected chi connectivity index (χ4v) is 4.39. The van der Waals surface area contributed by atoms with E-state index >= 15 is 0 Å². The summed E-state index contributed by atoms with van der Waals surface area (Å²) in [6.45, 7) is 2.31. The molecule has 0 spiro atoms. The van der Waals surface area contributed by atoms with Gasteiger partial charge in [0, 0.05) is 19.5 Å². The van der Waals surface area contributed by atoms with Gasteiger partial charge in [0.1, 0.15) is 10.7 Å². The van der Waals surface area contributed by atoms with Crippen LogP contribution in [0.4, 0.5) is 4.39 Å². The van der Waals surface area contributed by atoms with Crippen LogP contribution in [-0.2, 0) is 19.6 Å². The number of likely N-dealkylation sites (tertiary alicyclic amines) is 1. The minimum atomic E-state index is -4.16. The standard InChI is InChI=1S/C17H23FN2O5S/c1-12(19-26(24,25)15-7-3-2-6-14(15)18)17(23)20-10-4-5-13(11-20)8-9-16(21)22/h2-3,6-7,12-13,19H,4-5,8-11H2,1H3,(H,21,22). The summed E-state index contributed by atoms with van der Waals surface area (Å²) >= 11 is 0. The molecule has 7 nitrogen and oxygen atoms in total. The van der Waals surface area contributed by atoms with Gasteiger partial charge in [-0.3, -0.25) is 9.59 Å². The SMILES string of the molecule is CC(NS(=O)(=O)c1ccccc1F)C(=O)N1CCCC(CCC(=O)O)C1. The number of sulfonamides is 1. The monoisotopic (exact) mass is 386 g/mol. The lowest BCUT2D eigenvalue weighted by molar-refractivity contribution is -0.137. The Morgan fingerprint density at radius 3 is 2.73 bits per heavy atom. The van der Waals surface area contributed by atoms with Crippen molar-refractivity contribution in [2.24, 2.45) is 5.92 Å². The predicted molar refractivity (Wildman–Crippen MR) is 92.4 cm³/mol. The van der Waals surface area contributed by atoms with Gasteiger partial charge >= 0.3 is 5.97 Å². The van der Waals surface area contributed by atoms with Crippen LogP contribution >= 0.6 is 0 Å². The summed E-state index contributed by atoms with van der Waals surface area (Å²) in [5.74, 6) is -2.07. The van der Waals surface area contributed by atoms with Gasteiger partial charge in [-0.1, -0.05) is 12.1 Å². The van der Waals surface area contributed by atoms with E-state index in [2.05, 4.69) is 4.72 Å². The first kappa shape index (κ1) is 20.3. The fraction of sp³-hybridized carbons (Fsp3) is 0.529. The number of carboxylic acids is 1. The molecule has 9 heteroatoms. The van der Waals surface area contributed by atoms with Gasteiger partial charge in [0.25, 0.3) is 0 Å². The molecule has 1 aromatic rings. The Morgan fingerprint density at radius 1 is 1.38 bits per heavy atom. The molecule has 0 bridgehead atoms. The van der Waals surface area contributed by atoms with Crippen molar-refractivity contribution in [3.8, 4) is 0 Å². The molecule has 0 aliphatic carbocycles. The van der Waals surface area contributed by atoms with Crippen molar-refractivity contribution in [3.05, 3.63) is 30.1 Å². The first-order valence-electron chi connectivity index (χ1n) is 8.48. The number of hydrogen-bond donors (Lipinski definition) is 2. The zero-order valence-electron chi connectivity index (χ0n) is 14.5. The Hall–Kier alpha value is -2.00.